The number of urea groups is 1. The van der Waals surface area contributed by atoms with Gasteiger partial charge in [0.2, 0.25) is 0 Å². The van der Waals surface area contributed by atoms with Crippen LogP contribution in [0.4, 0.5) is 4.79 Å². The van der Waals surface area contributed by atoms with Gasteiger partial charge in [0.1, 0.15) is 0 Å². The molecule has 116 valence electrons. The number of rotatable bonds is 6. The van der Waals surface area contributed by atoms with Crippen LogP contribution in [0, 0.1) is 0 Å². The van der Waals surface area contributed by atoms with Crippen molar-refractivity contribution in [1.82, 2.24) is 15.2 Å². The smallest absolute Gasteiger partial charge is 0.317 e. The van der Waals surface area contributed by atoms with Crippen LogP contribution < -0.4 is 5.32 Å². The second-order valence-electron chi connectivity index (χ2n) is 5.31. The van der Waals surface area contributed by atoms with Crippen LogP contribution in [0.15, 0.2) is 24.5 Å². The molecule has 2 rings (SSSR count). The Hall–Kier alpha value is -1.62. The highest BCUT2D eigenvalue weighted by molar-refractivity contribution is 5.74. The Balaban J connectivity index is 1.97. The van der Waals surface area contributed by atoms with Crippen LogP contribution in [0.25, 0.3) is 0 Å². The lowest BCUT2D eigenvalue weighted by atomic mass is 10.0. The second kappa shape index (κ2) is 7.98. The molecule has 0 aromatic carbocycles. The summed E-state index contributed by atoms with van der Waals surface area (Å²) < 4.78 is 5.55. The summed E-state index contributed by atoms with van der Waals surface area (Å²) in [6, 6.07) is 4.02. The van der Waals surface area contributed by atoms with Gasteiger partial charge in [-0.15, -0.1) is 0 Å². The Morgan fingerprint density at radius 3 is 2.81 bits per heavy atom. The quantitative estimate of drug-likeness (QED) is 0.877. The highest BCUT2D eigenvalue weighted by atomic mass is 16.5. The lowest BCUT2D eigenvalue weighted by Crippen LogP contribution is -2.44. The molecule has 0 bridgehead atoms. The van der Waals surface area contributed by atoms with Crippen molar-refractivity contribution in [2.45, 2.75) is 45.3 Å². The van der Waals surface area contributed by atoms with Gasteiger partial charge in [-0.1, -0.05) is 6.92 Å². The third kappa shape index (κ3) is 4.17. The van der Waals surface area contributed by atoms with Gasteiger partial charge >= 0.3 is 6.03 Å². The number of nitrogens with zero attached hydrogens (tertiary/aromatic N) is 2. The van der Waals surface area contributed by atoms with Crippen LogP contribution >= 0.6 is 0 Å². The SMILES string of the molecule is CC[C@H](c1ccncc1)N(CC)C(=O)NC[C@@H]1CCCO1. The van der Waals surface area contributed by atoms with Crippen molar-refractivity contribution >= 4 is 6.03 Å². The summed E-state index contributed by atoms with van der Waals surface area (Å²) >= 11 is 0. The lowest BCUT2D eigenvalue weighted by Gasteiger charge is -2.31. The zero-order valence-corrected chi connectivity index (χ0v) is 12.9. The first-order valence-corrected chi connectivity index (χ1v) is 7.82. The molecule has 0 spiro atoms. The van der Waals surface area contributed by atoms with E-state index in [1.165, 1.54) is 0 Å². The molecule has 2 atom stereocenters. The van der Waals surface area contributed by atoms with Gasteiger partial charge in [0.15, 0.2) is 0 Å². The van der Waals surface area contributed by atoms with Gasteiger partial charge in [0.05, 0.1) is 12.1 Å². The van der Waals surface area contributed by atoms with E-state index in [0.29, 0.717) is 13.1 Å². The van der Waals surface area contributed by atoms with E-state index in [0.717, 1.165) is 31.4 Å². The molecule has 0 unspecified atom stereocenters. The number of hydrogen-bond acceptors (Lipinski definition) is 3. The summed E-state index contributed by atoms with van der Waals surface area (Å²) in [5.41, 5.74) is 1.13. The maximum Gasteiger partial charge on any atom is 0.317 e. The molecule has 5 nitrogen and oxygen atoms in total. The molecule has 1 aromatic rings. The van der Waals surface area contributed by atoms with E-state index in [1.807, 2.05) is 24.0 Å². The Morgan fingerprint density at radius 2 is 2.24 bits per heavy atom. The molecule has 1 aliphatic rings. The summed E-state index contributed by atoms with van der Waals surface area (Å²) in [4.78, 5) is 18.4. The first kappa shape index (κ1) is 15.8. The maximum absolute atomic E-state index is 12.4. The Kier molecular flexibility index (Phi) is 5.99. The van der Waals surface area contributed by atoms with Crippen molar-refractivity contribution in [3.63, 3.8) is 0 Å². The third-order valence-corrected chi connectivity index (χ3v) is 3.96. The number of carbonyl (C=O) groups is 1. The normalized spacial score (nSPS) is 19.2. The summed E-state index contributed by atoms with van der Waals surface area (Å²) in [5, 5.41) is 3.01. The van der Waals surface area contributed by atoms with E-state index in [9.17, 15) is 4.79 Å². The fourth-order valence-electron chi connectivity index (χ4n) is 2.84. The van der Waals surface area contributed by atoms with E-state index in [2.05, 4.69) is 17.2 Å². The van der Waals surface area contributed by atoms with Gasteiger partial charge in [0.25, 0.3) is 0 Å². The summed E-state index contributed by atoms with van der Waals surface area (Å²) in [5.74, 6) is 0. The van der Waals surface area contributed by atoms with Crippen molar-refractivity contribution in [1.29, 1.82) is 0 Å². The van der Waals surface area contributed by atoms with Crippen molar-refractivity contribution in [3.05, 3.63) is 30.1 Å². The minimum atomic E-state index is -0.0170. The van der Waals surface area contributed by atoms with E-state index < -0.39 is 0 Å². The number of aromatic nitrogens is 1. The molecule has 0 aliphatic carbocycles. The fourth-order valence-corrected chi connectivity index (χ4v) is 2.84. The predicted octanol–water partition coefficient (Wildman–Crippen LogP) is 2.74. The minimum absolute atomic E-state index is 0.0170. The van der Waals surface area contributed by atoms with Gasteiger partial charge < -0.3 is 15.0 Å². The first-order valence-electron chi connectivity index (χ1n) is 7.82. The number of hydrogen-bond donors (Lipinski definition) is 1. The predicted molar refractivity (Wildman–Crippen MR) is 82.0 cm³/mol. The molecule has 1 fully saturated rings. The number of ether oxygens (including phenoxy) is 1. The molecule has 1 aliphatic heterocycles. The first-order chi connectivity index (χ1) is 10.3. The molecule has 0 saturated carbocycles. The van der Waals surface area contributed by atoms with E-state index in [4.69, 9.17) is 4.74 Å². The summed E-state index contributed by atoms with van der Waals surface area (Å²) in [6.45, 7) is 6.20. The second-order valence-corrected chi connectivity index (χ2v) is 5.31. The molecule has 2 amide bonds. The average Bonchev–Trinajstić information content (AvgIpc) is 3.04. The topological polar surface area (TPSA) is 54.5 Å². The van der Waals surface area contributed by atoms with E-state index >= 15 is 0 Å². The van der Waals surface area contributed by atoms with E-state index in [-0.39, 0.29) is 18.2 Å². The van der Waals surface area contributed by atoms with Crippen LogP contribution in [0.2, 0.25) is 0 Å². The third-order valence-electron chi connectivity index (χ3n) is 3.96. The lowest BCUT2D eigenvalue weighted by molar-refractivity contribution is 0.107. The van der Waals surface area contributed by atoms with Crippen molar-refractivity contribution in [3.8, 4) is 0 Å². The highest BCUT2D eigenvalue weighted by Gasteiger charge is 2.23. The van der Waals surface area contributed by atoms with Crippen molar-refractivity contribution in [2.24, 2.45) is 0 Å². The number of carbonyl (C=O) groups excluding carboxylic acids is 1. The van der Waals surface area contributed by atoms with E-state index in [1.54, 1.807) is 12.4 Å². The highest BCUT2D eigenvalue weighted by Crippen LogP contribution is 2.23. The molecule has 0 radical (unpaired) electrons. The summed E-state index contributed by atoms with van der Waals surface area (Å²) in [6.07, 6.45) is 6.73. The molecular formula is C16H25N3O2. The van der Waals surface area contributed by atoms with Crippen LogP contribution in [0.3, 0.4) is 0 Å². The zero-order chi connectivity index (χ0) is 15.1. The standard InChI is InChI=1S/C16H25N3O2/c1-3-15(13-7-9-17-10-8-13)19(4-2)16(20)18-12-14-6-5-11-21-14/h7-10,14-15H,3-6,11-12H2,1-2H3,(H,18,20)/t14-,15+/m0/s1. The van der Waals surface area contributed by atoms with Crippen LogP contribution in [0.5, 0.6) is 0 Å². The summed E-state index contributed by atoms with van der Waals surface area (Å²) in [7, 11) is 0. The van der Waals surface area contributed by atoms with Gasteiger partial charge in [-0.05, 0) is 43.9 Å². The molecule has 5 heteroatoms. The monoisotopic (exact) mass is 291 g/mol. The van der Waals surface area contributed by atoms with Gasteiger partial charge in [0, 0.05) is 32.1 Å². The molecule has 1 aromatic heterocycles. The molecule has 2 heterocycles. The van der Waals surface area contributed by atoms with Crippen LogP contribution in [0.1, 0.15) is 44.7 Å². The fraction of sp³-hybridized carbons (Fsp3) is 0.625. The van der Waals surface area contributed by atoms with Crippen LogP contribution in [-0.2, 0) is 4.74 Å². The maximum atomic E-state index is 12.4. The van der Waals surface area contributed by atoms with Crippen molar-refractivity contribution < 1.29 is 9.53 Å². The Morgan fingerprint density at radius 1 is 1.48 bits per heavy atom. The van der Waals surface area contributed by atoms with Gasteiger partial charge in [-0.3, -0.25) is 4.98 Å². The largest absolute Gasteiger partial charge is 0.376 e. The Labute approximate surface area is 126 Å². The van der Waals surface area contributed by atoms with Crippen molar-refractivity contribution in [2.75, 3.05) is 19.7 Å². The minimum Gasteiger partial charge on any atom is -0.376 e. The van der Waals surface area contributed by atoms with Crippen LogP contribution in [-0.4, -0.2) is 41.7 Å². The Bertz CT molecular complexity index is 432. The number of amides is 2. The van der Waals surface area contributed by atoms with Gasteiger partial charge in [-0.2, -0.15) is 0 Å². The van der Waals surface area contributed by atoms with Gasteiger partial charge in [-0.25, -0.2) is 4.79 Å². The number of nitrogens with one attached hydrogen (secondary N) is 1. The molecular weight excluding hydrogens is 266 g/mol. The average molecular weight is 291 g/mol. The zero-order valence-electron chi connectivity index (χ0n) is 12.9. The number of pyridine rings is 1. The molecule has 21 heavy (non-hydrogen) atoms. The molecule has 1 N–H and O–H groups in total. The molecule has 1 saturated heterocycles.